The largest absolute Gasteiger partial charge is 0.349 e. The molecule has 1 atom stereocenters. The molecule has 0 N–H and O–H groups in total. The molecule has 3 rings (SSSR count). The van der Waals surface area contributed by atoms with Crippen LogP contribution in [0.5, 0.6) is 0 Å². The molecular weight excluding hydrogens is 280 g/mol. The summed E-state index contributed by atoms with van der Waals surface area (Å²) in [6.07, 6.45) is 2.01. The van der Waals surface area contributed by atoms with Gasteiger partial charge in [0.15, 0.2) is 0 Å². The van der Waals surface area contributed by atoms with E-state index in [1.807, 2.05) is 38.2 Å². The van der Waals surface area contributed by atoms with E-state index in [1.54, 1.807) is 10.4 Å². The molecule has 4 nitrogen and oxygen atoms in total. The molecule has 19 heavy (non-hydrogen) atoms. The normalized spacial score (nSPS) is 20.4. The molecule has 6 heteroatoms. The van der Waals surface area contributed by atoms with Crippen molar-refractivity contribution in [1.82, 2.24) is 8.87 Å². The lowest BCUT2D eigenvalue weighted by Crippen LogP contribution is -2.40. The standard InChI is InChI=1S/C13H16N2O2S2/c1-10-5-6-13(18-10)19(16,17)15-9-8-14-7-3-4-12(14)11(15)2/h3-7,11H,8-9H2,1-2H3. The van der Waals surface area contributed by atoms with E-state index < -0.39 is 10.0 Å². The lowest BCUT2D eigenvalue weighted by Gasteiger charge is -2.33. The fraction of sp³-hybridized carbons (Fsp3) is 0.385. The molecular formula is C13H16N2O2S2. The van der Waals surface area contributed by atoms with Gasteiger partial charge in [0.05, 0.1) is 6.04 Å². The summed E-state index contributed by atoms with van der Waals surface area (Å²) in [6.45, 7) is 5.12. The monoisotopic (exact) mass is 296 g/mol. The minimum absolute atomic E-state index is 0.115. The highest BCUT2D eigenvalue weighted by molar-refractivity contribution is 7.91. The van der Waals surface area contributed by atoms with Crippen molar-refractivity contribution in [2.24, 2.45) is 0 Å². The topological polar surface area (TPSA) is 42.3 Å². The summed E-state index contributed by atoms with van der Waals surface area (Å²) in [5.41, 5.74) is 1.06. The number of fused-ring (bicyclic) bond motifs is 1. The van der Waals surface area contributed by atoms with Crippen LogP contribution in [0.15, 0.2) is 34.7 Å². The first-order chi connectivity index (χ1) is 9.00. The van der Waals surface area contributed by atoms with Crippen LogP contribution in [0.2, 0.25) is 0 Å². The third kappa shape index (κ3) is 2.04. The van der Waals surface area contributed by atoms with Gasteiger partial charge in [-0.05, 0) is 38.1 Å². The van der Waals surface area contributed by atoms with E-state index in [0.29, 0.717) is 10.8 Å². The quantitative estimate of drug-likeness (QED) is 0.855. The number of nitrogens with zero attached hydrogens (tertiary/aromatic N) is 2. The second kappa shape index (κ2) is 4.47. The number of aryl methyl sites for hydroxylation is 1. The highest BCUT2D eigenvalue weighted by Crippen LogP contribution is 2.33. The number of sulfonamides is 1. The highest BCUT2D eigenvalue weighted by atomic mass is 32.2. The smallest absolute Gasteiger partial charge is 0.253 e. The third-order valence-electron chi connectivity index (χ3n) is 3.56. The predicted molar refractivity (Wildman–Crippen MR) is 75.8 cm³/mol. The summed E-state index contributed by atoms with van der Waals surface area (Å²) in [7, 11) is -3.37. The Morgan fingerprint density at radius 1 is 1.26 bits per heavy atom. The molecule has 1 aliphatic rings. The number of hydrogen-bond donors (Lipinski definition) is 0. The zero-order valence-corrected chi connectivity index (χ0v) is 12.5. The van der Waals surface area contributed by atoms with E-state index in [0.717, 1.165) is 17.1 Å². The van der Waals surface area contributed by atoms with Crippen LogP contribution in [0.4, 0.5) is 0 Å². The van der Waals surface area contributed by atoms with Crippen LogP contribution in [-0.4, -0.2) is 23.8 Å². The Bertz CT molecular complexity index is 700. The molecule has 0 aliphatic carbocycles. The van der Waals surface area contributed by atoms with Crippen molar-refractivity contribution in [3.63, 3.8) is 0 Å². The number of rotatable bonds is 2. The average molecular weight is 296 g/mol. The first-order valence-corrected chi connectivity index (χ1v) is 8.49. The maximum Gasteiger partial charge on any atom is 0.253 e. The van der Waals surface area contributed by atoms with Crippen LogP contribution >= 0.6 is 11.3 Å². The Balaban J connectivity index is 2.00. The predicted octanol–water partition coefficient (Wildman–Crippen LogP) is 2.62. The molecule has 0 spiro atoms. The van der Waals surface area contributed by atoms with Gasteiger partial charge in [-0.2, -0.15) is 4.31 Å². The van der Waals surface area contributed by atoms with Crippen molar-refractivity contribution in [1.29, 1.82) is 0 Å². The Morgan fingerprint density at radius 3 is 2.74 bits per heavy atom. The van der Waals surface area contributed by atoms with E-state index in [4.69, 9.17) is 0 Å². The van der Waals surface area contributed by atoms with Crippen molar-refractivity contribution in [2.75, 3.05) is 6.54 Å². The first kappa shape index (κ1) is 12.9. The molecule has 0 aromatic carbocycles. The van der Waals surface area contributed by atoms with E-state index in [-0.39, 0.29) is 6.04 Å². The Morgan fingerprint density at radius 2 is 2.05 bits per heavy atom. The molecule has 0 amide bonds. The lowest BCUT2D eigenvalue weighted by molar-refractivity contribution is 0.283. The summed E-state index contributed by atoms with van der Waals surface area (Å²) in [4.78, 5) is 1.02. The van der Waals surface area contributed by atoms with Crippen LogP contribution in [0.25, 0.3) is 0 Å². The molecule has 1 aliphatic heterocycles. The molecule has 102 valence electrons. The summed E-state index contributed by atoms with van der Waals surface area (Å²) in [6, 6.07) is 7.41. The molecule has 0 saturated carbocycles. The highest BCUT2D eigenvalue weighted by Gasteiger charge is 2.34. The van der Waals surface area contributed by atoms with Gasteiger partial charge in [0, 0.05) is 29.9 Å². The third-order valence-corrected chi connectivity index (χ3v) is 7.00. The Labute approximate surface area is 117 Å². The van der Waals surface area contributed by atoms with E-state index in [9.17, 15) is 8.42 Å². The van der Waals surface area contributed by atoms with E-state index in [2.05, 4.69) is 4.57 Å². The molecule has 0 radical (unpaired) electrons. The molecule has 1 unspecified atom stereocenters. The zero-order valence-electron chi connectivity index (χ0n) is 10.9. The van der Waals surface area contributed by atoms with Crippen molar-refractivity contribution < 1.29 is 8.42 Å². The fourth-order valence-electron chi connectivity index (χ4n) is 2.55. The van der Waals surface area contributed by atoms with Gasteiger partial charge >= 0.3 is 0 Å². The van der Waals surface area contributed by atoms with Gasteiger partial charge in [-0.3, -0.25) is 0 Å². The molecule has 0 fully saturated rings. The van der Waals surface area contributed by atoms with Gasteiger partial charge in [-0.1, -0.05) is 0 Å². The van der Waals surface area contributed by atoms with Crippen molar-refractivity contribution in [2.45, 2.75) is 30.6 Å². The number of thiophene rings is 1. The molecule has 3 heterocycles. The van der Waals surface area contributed by atoms with Crippen LogP contribution in [-0.2, 0) is 16.6 Å². The maximum atomic E-state index is 12.7. The van der Waals surface area contributed by atoms with Crippen molar-refractivity contribution in [3.05, 3.63) is 41.0 Å². The lowest BCUT2D eigenvalue weighted by atomic mass is 10.2. The van der Waals surface area contributed by atoms with Gasteiger partial charge in [-0.25, -0.2) is 8.42 Å². The average Bonchev–Trinajstić information content (AvgIpc) is 2.97. The molecule has 0 bridgehead atoms. The van der Waals surface area contributed by atoms with Crippen LogP contribution in [0, 0.1) is 6.92 Å². The molecule has 2 aromatic heterocycles. The summed E-state index contributed by atoms with van der Waals surface area (Å²) in [5, 5.41) is 0. The maximum absolute atomic E-state index is 12.7. The van der Waals surface area contributed by atoms with Crippen molar-refractivity contribution in [3.8, 4) is 0 Å². The summed E-state index contributed by atoms with van der Waals surface area (Å²) < 4.78 is 29.5. The zero-order chi connectivity index (χ0) is 13.6. The van der Waals surface area contributed by atoms with Crippen LogP contribution in [0.1, 0.15) is 23.5 Å². The fourth-order valence-corrected chi connectivity index (χ4v) is 5.56. The van der Waals surface area contributed by atoms with Gasteiger partial charge < -0.3 is 4.57 Å². The second-order valence-corrected chi connectivity index (χ2v) is 8.19. The summed E-state index contributed by atoms with van der Waals surface area (Å²) >= 11 is 1.34. The van der Waals surface area contributed by atoms with E-state index >= 15 is 0 Å². The SMILES string of the molecule is Cc1ccc(S(=O)(=O)N2CCn3cccc3C2C)s1. The number of aromatic nitrogens is 1. The molecule has 2 aromatic rings. The van der Waals surface area contributed by atoms with Crippen LogP contribution in [0.3, 0.4) is 0 Å². The van der Waals surface area contributed by atoms with Gasteiger partial charge in [-0.15, -0.1) is 11.3 Å². The minimum Gasteiger partial charge on any atom is -0.349 e. The molecule has 0 saturated heterocycles. The van der Waals surface area contributed by atoms with Crippen LogP contribution < -0.4 is 0 Å². The van der Waals surface area contributed by atoms with Gasteiger partial charge in [0.25, 0.3) is 10.0 Å². The minimum atomic E-state index is -3.37. The first-order valence-electron chi connectivity index (χ1n) is 6.23. The second-order valence-electron chi connectivity index (χ2n) is 4.78. The van der Waals surface area contributed by atoms with Gasteiger partial charge in [0.1, 0.15) is 4.21 Å². The summed E-state index contributed by atoms with van der Waals surface area (Å²) in [5.74, 6) is 0. The Kier molecular flexibility index (Phi) is 3.03. The van der Waals surface area contributed by atoms with Crippen molar-refractivity contribution >= 4 is 21.4 Å². The Hall–Kier alpha value is -1.11. The van der Waals surface area contributed by atoms with Gasteiger partial charge in [0.2, 0.25) is 0 Å². The number of hydrogen-bond acceptors (Lipinski definition) is 3. The van der Waals surface area contributed by atoms with E-state index in [1.165, 1.54) is 11.3 Å².